The van der Waals surface area contributed by atoms with Gasteiger partial charge in [-0.15, -0.1) is 0 Å². The molecule has 0 bridgehead atoms. The van der Waals surface area contributed by atoms with Crippen molar-refractivity contribution >= 4 is 25.2 Å². The highest BCUT2D eigenvalue weighted by atomic mass is 28.5. The van der Waals surface area contributed by atoms with Crippen LogP contribution in [0.2, 0.25) is 45.8 Å². The van der Waals surface area contributed by atoms with Gasteiger partial charge in [0.2, 0.25) is 0 Å². The summed E-state index contributed by atoms with van der Waals surface area (Å²) >= 11 is 0. The molecule has 0 fully saturated rings. The molecular formula is C12H32O5Si3. The second kappa shape index (κ2) is 8.18. The SMILES string of the molecule is C[Si](C)(C)O[Si](C)(COCC(O)CCO)O[Si](C)(C)C. The molecule has 122 valence electrons. The first-order valence-electron chi connectivity index (χ1n) is 7.14. The van der Waals surface area contributed by atoms with Crippen molar-refractivity contribution in [2.24, 2.45) is 0 Å². The van der Waals surface area contributed by atoms with Gasteiger partial charge in [0.15, 0.2) is 16.6 Å². The van der Waals surface area contributed by atoms with Gasteiger partial charge in [-0.3, -0.25) is 0 Å². The van der Waals surface area contributed by atoms with Crippen LogP contribution in [0.15, 0.2) is 0 Å². The van der Waals surface area contributed by atoms with Crippen molar-refractivity contribution in [2.75, 3.05) is 19.4 Å². The molecule has 8 heteroatoms. The van der Waals surface area contributed by atoms with Crippen molar-refractivity contribution in [3.8, 4) is 0 Å². The fourth-order valence-corrected chi connectivity index (χ4v) is 13.9. The predicted molar refractivity (Wildman–Crippen MR) is 89.0 cm³/mol. The Labute approximate surface area is 126 Å². The van der Waals surface area contributed by atoms with Crippen LogP contribution < -0.4 is 0 Å². The standard InChI is InChI=1S/C12H32O5Si3/c1-18(2,3)16-20(7,17-19(4,5)6)11-15-10-12(14)8-9-13/h12-14H,8-11H2,1-7H3. The predicted octanol–water partition coefficient (Wildman–Crippen LogP) is 2.06. The highest BCUT2D eigenvalue weighted by molar-refractivity contribution is 6.87. The van der Waals surface area contributed by atoms with Gasteiger partial charge in [0.25, 0.3) is 0 Å². The summed E-state index contributed by atoms with van der Waals surface area (Å²) < 4.78 is 18.2. The molecule has 0 aromatic carbocycles. The lowest BCUT2D eigenvalue weighted by molar-refractivity contribution is 0.0330. The van der Waals surface area contributed by atoms with E-state index in [1.54, 1.807) is 0 Å². The summed E-state index contributed by atoms with van der Waals surface area (Å²) in [7, 11) is -5.80. The Hall–Kier alpha value is 0.451. The minimum Gasteiger partial charge on any atom is -0.435 e. The van der Waals surface area contributed by atoms with Gasteiger partial charge in [0.05, 0.1) is 18.9 Å². The van der Waals surface area contributed by atoms with E-state index in [9.17, 15) is 5.11 Å². The molecule has 0 spiro atoms. The topological polar surface area (TPSA) is 68.2 Å². The molecule has 0 saturated heterocycles. The number of rotatable bonds is 10. The Kier molecular flexibility index (Phi) is 8.36. The summed E-state index contributed by atoms with van der Waals surface area (Å²) in [5.74, 6) is 0. The Morgan fingerprint density at radius 3 is 1.70 bits per heavy atom. The van der Waals surface area contributed by atoms with Crippen LogP contribution in [0.25, 0.3) is 0 Å². The van der Waals surface area contributed by atoms with Crippen molar-refractivity contribution in [3.05, 3.63) is 0 Å². The maximum atomic E-state index is 9.58. The first-order valence-corrected chi connectivity index (χ1v) is 16.5. The minimum absolute atomic E-state index is 0.0317. The molecule has 0 radical (unpaired) electrons. The molecule has 5 nitrogen and oxygen atoms in total. The van der Waals surface area contributed by atoms with Crippen LogP contribution in [0.4, 0.5) is 0 Å². The first-order chi connectivity index (χ1) is 8.87. The fourth-order valence-electron chi connectivity index (χ4n) is 1.99. The van der Waals surface area contributed by atoms with E-state index in [0.717, 1.165) is 0 Å². The van der Waals surface area contributed by atoms with Crippen molar-refractivity contribution in [2.45, 2.75) is 58.4 Å². The van der Waals surface area contributed by atoms with E-state index in [1.807, 2.05) is 6.55 Å². The van der Waals surface area contributed by atoms with Crippen LogP contribution >= 0.6 is 0 Å². The molecule has 2 N–H and O–H groups in total. The minimum atomic E-state index is -2.38. The van der Waals surface area contributed by atoms with Gasteiger partial charge in [-0.1, -0.05) is 0 Å². The van der Waals surface area contributed by atoms with Crippen LogP contribution in [0.1, 0.15) is 6.42 Å². The lowest BCUT2D eigenvalue weighted by atomic mass is 10.3. The molecule has 0 aromatic rings. The molecule has 0 aromatic heterocycles. The van der Waals surface area contributed by atoms with Gasteiger partial charge in [0, 0.05) is 6.61 Å². The quantitative estimate of drug-likeness (QED) is 0.596. The molecule has 0 aliphatic rings. The summed E-state index contributed by atoms with van der Waals surface area (Å²) in [5, 5.41) is 18.3. The number of hydrogen-bond donors (Lipinski definition) is 2. The Morgan fingerprint density at radius 1 is 0.900 bits per heavy atom. The van der Waals surface area contributed by atoms with Crippen LogP contribution in [0.5, 0.6) is 0 Å². The highest BCUT2D eigenvalue weighted by Crippen LogP contribution is 2.21. The molecule has 1 atom stereocenters. The monoisotopic (exact) mass is 340 g/mol. The largest absolute Gasteiger partial charge is 0.435 e. The molecule has 1 unspecified atom stereocenters. The maximum Gasteiger partial charge on any atom is 0.341 e. The molecule has 0 saturated carbocycles. The van der Waals surface area contributed by atoms with Gasteiger partial charge in [-0.25, -0.2) is 0 Å². The molecule has 0 heterocycles. The number of aliphatic hydroxyl groups is 2. The van der Waals surface area contributed by atoms with Crippen molar-refractivity contribution < 1.29 is 23.2 Å². The molecule has 0 amide bonds. The second-order valence-corrected chi connectivity index (χ2v) is 19.9. The third-order valence-electron chi connectivity index (χ3n) is 2.18. The van der Waals surface area contributed by atoms with Crippen LogP contribution in [-0.4, -0.2) is 61.0 Å². The Bertz CT molecular complexity index is 259. The lowest BCUT2D eigenvalue weighted by Crippen LogP contribution is -2.56. The van der Waals surface area contributed by atoms with E-state index in [0.29, 0.717) is 12.7 Å². The lowest BCUT2D eigenvalue weighted by Gasteiger charge is -2.38. The van der Waals surface area contributed by atoms with Crippen LogP contribution in [0.3, 0.4) is 0 Å². The molecule has 20 heavy (non-hydrogen) atoms. The molecule has 0 aliphatic heterocycles. The van der Waals surface area contributed by atoms with Gasteiger partial charge >= 0.3 is 8.56 Å². The van der Waals surface area contributed by atoms with Crippen LogP contribution in [-0.2, 0) is 13.0 Å². The number of ether oxygens (including phenoxy) is 1. The zero-order valence-electron chi connectivity index (χ0n) is 14.0. The average molecular weight is 341 g/mol. The van der Waals surface area contributed by atoms with Crippen molar-refractivity contribution in [1.82, 2.24) is 0 Å². The fraction of sp³-hybridized carbons (Fsp3) is 1.00. The van der Waals surface area contributed by atoms with E-state index in [4.69, 9.17) is 18.1 Å². The van der Waals surface area contributed by atoms with Gasteiger partial charge < -0.3 is 23.2 Å². The van der Waals surface area contributed by atoms with E-state index in [1.165, 1.54) is 0 Å². The van der Waals surface area contributed by atoms with Gasteiger partial charge in [-0.05, 0) is 52.2 Å². The zero-order chi connectivity index (χ0) is 16.0. The molecular weight excluding hydrogens is 308 g/mol. The zero-order valence-corrected chi connectivity index (χ0v) is 17.0. The number of aliphatic hydroxyl groups excluding tert-OH is 2. The summed E-state index contributed by atoms with van der Waals surface area (Å²) in [4.78, 5) is 0. The molecule has 0 rings (SSSR count). The average Bonchev–Trinajstić information content (AvgIpc) is 2.10. The third-order valence-corrected chi connectivity index (χ3v) is 11.3. The summed E-state index contributed by atoms with van der Waals surface area (Å²) in [6.45, 7) is 15.1. The van der Waals surface area contributed by atoms with Crippen molar-refractivity contribution in [1.29, 1.82) is 0 Å². The Balaban J connectivity index is 4.54. The highest BCUT2D eigenvalue weighted by Gasteiger charge is 2.40. The van der Waals surface area contributed by atoms with Gasteiger partial charge in [0.1, 0.15) is 0 Å². The first kappa shape index (κ1) is 20.5. The van der Waals surface area contributed by atoms with E-state index < -0.39 is 31.3 Å². The molecule has 0 aliphatic carbocycles. The smallest absolute Gasteiger partial charge is 0.341 e. The Morgan fingerprint density at radius 2 is 1.35 bits per heavy atom. The van der Waals surface area contributed by atoms with Gasteiger partial charge in [-0.2, -0.15) is 0 Å². The normalized spacial score (nSPS) is 15.4. The van der Waals surface area contributed by atoms with Crippen LogP contribution in [0, 0.1) is 0 Å². The summed E-state index contributed by atoms with van der Waals surface area (Å²) in [6.07, 6.45) is 0.128. The summed E-state index contributed by atoms with van der Waals surface area (Å²) in [6, 6.07) is 0. The van der Waals surface area contributed by atoms with Crippen molar-refractivity contribution in [3.63, 3.8) is 0 Å². The number of hydrogen-bond acceptors (Lipinski definition) is 5. The van der Waals surface area contributed by atoms with E-state index in [-0.39, 0.29) is 13.2 Å². The summed E-state index contributed by atoms with van der Waals surface area (Å²) in [5.41, 5.74) is 0. The second-order valence-electron chi connectivity index (χ2n) is 7.24. The third kappa shape index (κ3) is 11.1. The van der Waals surface area contributed by atoms with E-state index >= 15 is 0 Å². The van der Waals surface area contributed by atoms with E-state index in [2.05, 4.69) is 39.3 Å². The maximum absolute atomic E-state index is 9.58.